The van der Waals surface area contributed by atoms with Gasteiger partial charge in [0.2, 0.25) is 5.91 Å². The zero-order chi connectivity index (χ0) is 16.3. The molecule has 122 valence electrons. The van der Waals surface area contributed by atoms with Crippen molar-refractivity contribution in [3.63, 3.8) is 0 Å². The molecule has 1 aliphatic rings. The summed E-state index contributed by atoms with van der Waals surface area (Å²) >= 11 is 0. The number of benzene rings is 1. The topological polar surface area (TPSA) is 81.7 Å². The number of rotatable bonds is 5. The van der Waals surface area contributed by atoms with E-state index < -0.39 is 15.8 Å². The number of carbonyl (C=O) groups excluding carboxylic acids is 1. The number of hydrogen-bond acceptors (Lipinski definition) is 5. The number of sulfone groups is 1. The Bertz CT molecular complexity index is 656. The minimum absolute atomic E-state index is 0.0580. The zero-order valence-electron chi connectivity index (χ0n) is 13.0. The Morgan fingerprint density at radius 2 is 1.95 bits per heavy atom. The van der Waals surface area contributed by atoms with E-state index in [0.717, 1.165) is 5.56 Å². The van der Waals surface area contributed by atoms with Gasteiger partial charge in [0.15, 0.2) is 21.3 Å². The van der Waals surface area contributed by atoms with Gasteiger partial charge in [-0.05, 0) is 31.0 Å². The van der Waals surface area contributed by atoms with Gasteiger partial charge < -0.3 is 14.8 Å². The monoisotopic (exact) mass is 327 g/mol. The van der Waals surface area contributed by atoms with Crippen molar-refractivity contribution in [3.8, 4) is 11.5 Å². The number of carbonyl (C=O) groups is 1. The highest BCUT2D eigenvalue weighted by molar-refractivity contribution is 7.91. The van der Waals surface area contributed by atoms with Crippen LogP contribution < -0.4 is 14.8 Å². The van der Waals surface area contributed by atoms with E-state index in [1.807, 2.05) is 13.0 Å². The molecule has 2 rings (SSSR count). The Morgan fingerprint density at radius 1 is 1.27 bits per heavy atom. The molecule has 1 saturated heterocycles. The molecule has 1 amide bonds. The maximum atomic E-state index is 12.2. The van der Waals surface area contributed by atoms with Crippen LogP contribution in [0.2, 0.25) is 0 Å². The molecule has 0 saturated carbocycles. The molecule has 1 fully saturated rings. The standard InChI is InChI=1S/C15H21NO5S/c1-10(11-4-5-13(20-2)14(8-11)21-3)16-15(17)12-6-7-22(18,19)9-12/h4-5,8,10,12H,6-7,9H2,1-3H3,(H,16,17)/t10-,12+/m0/s1. The third-order valence-electron chi connectivity index (χ3n) is 3.87. The van der Waals surface area contributed by atoms with Crippen LogP contribution in [-0.4, -0.2) is 40.1 Å². The minimum atomic E-state index is -3.06. The fraction of sp³-hybridized carbons (Fsp3) is 0.533. The first-order valence-corrected chi connectivity index (χ1v) is 8.91. The molecular formula is C15H21NO5S. The van der Waals surface area contributed by atoms with Crippen molar-refractivity contribution in [1.82, 2.24) is 5.32 Å². The number of hydrogen-bond donors (Lipinski definition) is 1. The first kappa shape index (κ1) is 16.6. The molecule has 0 bridgehead atoms. The van der Waals surface area contributed by atoms with E-state index in [2.05, 4.69) is 5.32 Å². The van der Waals surface area contributed by atoms with Gasteiger partial charge in [-0.2, -0.15) is 0 Å². The number of methoxy groups -OCH3 is 2. The Morgan fingerprint density at radius 3 is 2.50 bits per heavy atom. The molecule has 1 aromatic rings. The lowest BCUT2D eigenvalue weighted by molar-refractivity contribution is -0.124. The van der Waals surface area contributed by atoms with Crippen LogP contribution in [0, 0.1) is 5.92 Å². The molecule has 0 spiro atoms. The number of ether oxygens (including phenoxy) is 2. The maximum absolute atomic E-state index is 12.2. The summed E-state index contributed by atoms with van der Waals surface area (Å²) in [4.78, 5) is 12.2. The van der Waals surface area contributed by atoms with Gasteiger partial charge in [-0.3, -0.25) is 4.79 Å². The molecule has 1 heterocycles. The summed E-state index contributed by atoms with van der Waals surface area (Å²) in [5.74, 6) is 0.569. The van der Waals surface area contributed by atoms with Crippen molar-refractivity contribution in [2.75, 3.05) is 25.7 Å². The van der Waals surface area contributed by atoms with Crippen molar-refractivity contribution < 1.29 is 22.7 Å². The van der Waals surface area contributed by atoms with Gasteiger partial charge in [0.05, 0.1) is 37.7 Å². The third kappa shape index (κ3) is 3.71. The predicted molar refractivity (Wildman–Crippen MR) is 82.9 cm³/mol. The fourth-order valence-electron chi connectivity index (χ4n) is 2.54. The van der Waals surface area contributed by atoms with E-state index in [-0.39, 0.29) is 23.5 Å². The van der Waals surface area contributed by atoms with E-state index >= 15 is 0 Å². The van der Waals surface area contributed by atoms with Crippen LogP contribution in [0.5, 0.6) is 11.5 Å². The Labute approximate surface area is 130 Å². The largest absolute Gasteiger partial charge is 0.493 e. The second-order valence-corrected chi connectivity index (χ2v) is 7.67. The van der Waals surface area contributed by atoms with Gasteiger partial charge in [0.25, 0.3) is 0 Å². The van der Waals surface area contributed by atoms with E-state index in [9.17, 15) is 13.2 Å². The minimum Gasteiger partial charge on any atom is -0.493 e. The fourth-order valence-corrected chi connectivity index (χ4v) is 4.28. The van der Waals surface area contributed by atoms with Crippen molar-refractivity contribution >= 4 is 15.7 Å². The molecule has 1 aliphatic heterocycles. The van der Waals surface area contributed by atoms with Crippen LogP contribution in [0.15, 0.2) is 18.2 Å². The summed E-state index contributed by atoms with van der Waals surface area (Å²) in [6.45, 7) is 1.85. The molecule has 7 heteroatoms. The molecule has 0 radical (unpaired) electrons. The lowest BCUT2D eigenvalue weighted by Gasteiger charge is -2.18. The van der Waals surface area contributed by atoms with Crippen LogP contribution in [0.25, 0.3) is 0 Å². The summed E-state index contributed by atoms with van der Waals surface area (Å²) in [5, 5.41) is 2.86. The summed E-state index contributed by atoms with van der Waals surface area (Å²) in [5.41, 5.74) is 0.867. The first-order valence-electron chi connectivity index (χ1n) is 7.09. The van der Waals surface area contributed by atoms with Crippen molar-refractivity contribution in [2.24, 2.45) is 5.92 Å². The highest BCUT2D eigenvalue weighted by Gasteiger charge is 2.33. The maximum Gasteiger partial charge on any atom is 0.224 e. The summed E-state index contributed by atoms with van der Waals surface area (Å²) in [6.07, 6.45) is 0.396. The second-order valence-electron chi connectivity index (χ2n) is 5.44. The Hall–Kier alpha value is -1.76. The predicted octanol–water partition coefficient (Wildman–Crippen LogP) is 1.32. The van der Waals surface area contributed by atoms with Gasteiger partial charge in [-0.1, -0.05) is 6.07 Å². The molecule has 0 aromatic heterocycles. The Balaban J connectivity index is 2.06. The average Bonchev–Trinajstić information content (AvgIpc) is 2.86. The molecule has 1 aromatic carbocycles. The van der Waals surface area contributed by atoms with Crippen molar-refractivity contribution in [2.45, 2.75) is 19.4 Å². The van der Waals surface area contributed by atoms with E-state index in [4.69, 9.17) is 9.47 Å². The normalized spacial score (nSPS) is 21.1. The zero-order valence-corrected chi connectivity index (χ0v) is 13.8. The van der Waals surface area contributed by atoms with Gasteiger partial charge in [0, 0.05) is 0 Å². The number of nitrogens with one attached hydrogen (secondary N) is 1. The van der Waals surface area contributed by atoms with Gasteiger partial charge in [-0.15, -0.1) is 0 Å². The van der Waals surface area contributed by atoms with Crippen LogP contribution in [0.3, 0.4) is 0 Å². The highest BCUT2D eigenvalue weighted by Crippen LogP contribution is 2.30. The lowest BCUT2D eigenvalue weighted by atomic mass is 10.0. The summed E-state index contributed by atoms with van der Waals surface area (Å²) in [6, 6.07) is 5.18. The van der Waals surface area contributed by atoms with Gasteiger partial charge in [0.1, 0.15) is 0 Å². The van der Waals surface area contributed by atoms with E-state index in [1.165, 1.54) is 0 Å². The Kier molecular flexibility index (Phi) is 4.95. The van der Waals surface area contributed by atoms with Crippen molar-refractivity contribution in [1.29, 1.82) is 0 Å². The SMILES string of the molecule is COc1ccc([C@H](C)NC(=O)[C@@H]2CCS(=O)(=O)C2)cc1OC. The van der Waals surface area contributed by atoms with E-state index in [0.29, 0.717) is 17.9 Å². The molecule has 1 N–H and O–H groups in total. The summed E-state index contributed by atoms with van der Waals surface area (Å²) in [7, 11) is 0.0507. The molecule has 22 heavy (non-hydrogen) atoms. The summed E-state index contributed by atoms with van der Waals surface area (Å²) < 4.78 is 33.3. The van der Waals surface area contributed by atoms with Crippen LogP contribution >= 0.6 is 0 Å². The molecule has 2 atom stereocenters. The molecule has 0 aliphatic carbocycles. The highest BCUT2D eigenvalue weighted by atomic mass is 32.2. The van der Waals surface area contributed by atoms with Gasteiger partial charge in [-0.25, -0.2) is 8.42 Å². The smallest absolute Gasteiger partial charge is 0.224 e. The van der Waals surface area contributed by atoms with Crippen LogP contribution in [0.1, 0.15) is 24.9 Å². The average molecular weight is 327 g/mol. The molecule has 6 nitrogen and oxygen atoms in total. The second kappa shape index (κ2) is 6.56. The number of amides is 1. The van der Waals surface area contributed by atoms with Crippen LogP contribution in [-0.2, 0) is 14.6 Å². The third-order valence-corrected chi connectivity index (χ3v) is 5.64. The quantitative estimate of drug-likeness (QED) is 0.882. The lowest BCUT2D eigenvalue weighted by Crippen LogP contribution is -2.33. The first-order chi connectivity index (χ1) is 10.4. The molecular weight excluding hydrogens is 306 g/mol. The van der Waals surface area contributed by atoms with Gasteiger partial charge >= 0.3 is 0 Å². The van der Waals surface area contributed by atoms with Crippen LogP contribution in [0.4, 0.5) is 0 Å². The molecule has 0 unspecified atom stereocenters. The van der Waals surface area contributed by atoms with E-state index in [1.54, 1.807) is 26.4 Å². The van der Waals surface area contributed by atoms with Crippen molar-refractivity contribution in [3.05, 3.63) is 23.8 Å².